The van der Waals surface area contributed by atoms with Gasteiger partial charge in [-0.25, -0.2) is 9.97 Å². The van der Waals surface area contributed by atoms with Gasteiger partial charge < -0.3 is 10.6 Å². The van der Waals surface area contributed by atoms with Crippen molar-refractivity contribution in [2.45, 2.75) is 38.3 Å². The van der Waals surface area contributed by atoms with E-state index in [1.165, 1.54) is 0 Å². The third-order valence-corrected chi connectivity index (χ3v) is 4.18. The van der Waals surface area contributed by atoms with Gasteiger partial charge in [0.15, 0.2) is 0 Å². The topological polar surface area (TPSA) is 90.7 Å². The van der Waals surface area contributed by atoms with E-state index >= 15 is 0 Å². The Labute approximate surface area is 140 Å². The molecule has 6 heteroatoms. The molecule has 0 radical (unpaired) electrons. The quantitative estimate of drug-likeness (QED) is 0.882. The summed E-state index contributed by atoms with van der Waals surface area (Å²) < 4.78 is 0. The molecule has 1 aromatic carbocycles. The van der Waals surface area contributed by atoms with Gasteiger partial charge in [0.05, 0.1) is 11.6 Å². The predicted octanol–water partition coefficient (Wildman–Crippen LogP) is 2.34. The number of nitriles is 1. The van der Waals surface area contributed by atoms with Gasteiger partial charge in [-0.1, -0.05) is 12.1 Å². The Balaban J connectivity index is 1.58. The van der Waals surface area contributed by atoms with E-state index in [1.54, 1.807) is 19.3 Å². The number of hydrogen-bond donors (Lipinski definition) is 2. The van der Waals surface area contributed by atoms with Gasteiger partial charge in [0.25, 0.3) is 0 Å². The van der Waals surface area contributed by atoms with Crippen molar-refractivity contribution < 1.29 is 4.79 Å². The third-order valence-electron chi connectivity index (χ3n) is 4.18. The van der Waals surface area contributed by atoms with Crippen molar-refractivity contribution in [3.8, 4) is 6.07 Å². The van der Waals surface area contributed by atoms with Crippen molar-refractivity contribution in [3.05, 3.63) is 53.5 Å². The van der Waals surface area contributed by atoms with Crippen molar-refractivity contribution in [1.82, 2.24) is 15.3 Å². The number of amides is 1. The maximum absolute atomic E-state index is 11.0. The summed E-state index contributed by atoms with van der Waals surface area (Å²) in [4.78, 5) is 19.6. The lowest BCUT2D eigenvalue weighted by molar-refractivity contribution is -0.120. The molecule has 6 nitrogen and oxygen atoms in total. The van der Waals surface area contributed by atoms with Gasteiger partial charge in [0.1, 0.15) is 12.1 Å². The summed E-state index contributed by atoms with van der Waals surface area (Å²) in [7, 11) is 0. The van der Waals surface area contributed by atoms with Crippen molar-refractivity contribution in [2.24, 2.45) is 0 Å². The minimum Gasteiger partial charge on any atom is -0.366 e. The van der Waals surface area contributed by atoms with Crippen LogP contribution in [0.3, 0.4) is 0 Å². The van der Waals surface area contributed by atoms with E-state index in [-0.39, 0.29) is 11.9 Å². The minimum absolute atomic E-state index is 0.0168. The highest BCUT2D eigenvalue weighted by Crippen LogP contribution is 2.36. The second kappa shape index (κ2) is 7.09. The van der Waals surface area contributed by atoms with Crippen molar-refractivity contribution >= 4 is 11.7 Å². The van der Waals surface area contributed by atoms with Crippen LogP contribution in [0.1, 0.15) is 42.5 Å². The normalized spacial score (nSPS) is 19.0. The van der Waals surface area contributed by atoms with Crippen molar-refractivity contribution in [3.63, 3.8) is 0 Å². The number of nitrogens with zero attached hydrogens (tertiary/aromatic N) is 3. The smallest absolute Gasteiger partial charge is 0.217 e. The average Bonchev–Trinajstić information content (AvgIpc) is 2.56. The number of anilines is 1. The summed E-state index contributed by atoms with van der Waals surface area (Å²) in [5.41, 5.74) is 2.68. The maximum Gasteiger partial charge on any atom is 0.217 e. The van der Waals surface area contributed by atoms with E-state index in [0.29, 0.717) is 18.0 Å². The number of nitrogens with one attached hydrogen (secondary N) is 2. The second-order valence-corrected chi connectivity index (χ2v) is 6.06. The van der Waals surface area contributed by atoms with Crippen LogP contribution in [-0.2, 0) is 11.3 Å². The fourth-order valence-corrected chi connectivity index (χ4v) is 2.90. The number of rotatable bonds is 5. The van der Waals surface area contributed by atoms with Gasteiger partial charge in [-0.2, -0.15) is 5.26 Å². The number of carbonyl (C=O) groups excluding carboxylic acids is 1. The number of carbonyl (C=O) groups is 1. The first-order chi connectivity index (χ1) is 11.6. The number of benzene rings is 1. The number of hydrogen-bond acceptors (Lipinski definition) is 5. The largest absolute Gasteiger partial charge is 0.366 e. The van der Waals surface area contributed by atoms with E-state index in [0.717, 1.165) is 29.9 Å². The minimum atomic E-state index is 0.0168. The van der Waals surface area contributed by atoms with Gasteiger partial charge in [-0.3, -0.25) is 4.79 Å². The molecular formula is C18H19N5O. The Kier molecular flexibility index (Phi) is 4.71. The summed E-state index contributed by atoms with van der Waals surface area (Å²) in [5, 5.41) is 15.1. The summed E-state index contributed by atoms with van der Waals surface area (Å²) >= 11 is 0. The molecule has 0 aliphatic heterocycles. The monoisotopic (exact) mass is 321 g/mol. The molecule has 1 saturated carbocycles. The molecule has 2 aromatic rings. The molecule has 0 atom stereocenters. The van der Waals surface area contributed by atoms with Crippen LogP contribution < -0.4 is 10.6 Å². The zero-order valence-electron chi connectivity index (χ0n) is 13.5. The van der Waals surface area contributed by atoms with Crippen LogP contribution in [0, 0.1) is 11.3 Å². The van der Waals surface area contributed by atoms with Crippen LogP contribution in [0.15, 0.2) is 36.7 Å². The Hall–Kier alpha value is -2.94. The van der Waals surface area contributed by atoms with Crippen molar-refractivity contribution in [2.75, 3.05) is 5.32 Å². The molecule has 2 N–H and O–H groups in total. The first-order valence-electron chi connectivity index (χ1n) is 7.96. The molecule has 0 spiro atoms. The van der Waals surface area contributed by atoms with Crippen molar-refractivity contribution in [1.29, 1.82) is 5.26 Å². The second-order valence-electron chi connectivity index (χ2n) is 6.06. The van der Waals surface area contributed by atoms with E-state index in [1.807, 2.05) is 24.3 Å². The Bertz CT molecular complexity index is 777. The maximum atomic E-state index is 11.0. The summed E-state index contributed by atoms with van der Waals surface area (Å²) in [6.07, 6.45) is 3.40. The Morgan fingerprint density at radius 3 is 2.92 bits per heavy atom. The zero-order chi connectivity index (χ0) is 16.9. The molecule has 122 valence electrons. The summed E-state index contributed by atoms with van der Waals surface area (Å²) in [6.45, 7) is 2.15. The Morgan fingerprint density at radius 1 is 1.33 bits per heavy atom. The average molecular weight is 321 g/mol. The van der Waals surface area contributed by atoms with E-state index in [2.05, 4.69) is 26.7 Å². The summed E-state index contributed by atoms with van der Waals surface area (Å²) in [5.74, 6) is 1.15. The lowest BCUT2D eigenvalue weighted by Gasteiger charge is -2.35. The van der Waals surface area contributed by atoms with Crippen LogP contribution in [0.5, 0.6) is 0 Å². The van der Waals surface area contributed by atoms with Gasteiger partial charge in [0.2, 0.25) is 5.91 Å². The van der Waals surface area contributed by atoms with Crippen LogP contribution in [0.4, 0.5) is 5.82 Å². The Morgan fingerprint density at radius 2 is 2.17 bits per heavy atom. The molecule has 1 aliphatic rings. The SMILES string of the molecule is CC(=O)NC1CC(c2cc(NCc3cccc(C#N)c3)ncn2)C1. The van der Waals surface area contributed by atoms with Crippen LogP contribution >= 0.6 is 0 Å². The first-order valence-corrected chi connectivity index (χ1v) is 7.96. The molecule has 0 saturated heterocycles. The van der Waals surface area contributed by atoms with Gasteiger partial charge in [-0.15, -0.1) is 0 Å². The van der Waals surface area contributed by atoms with Gasteiger partial charge in [-0.05, 0) is 30.5 Å². The van der Waals surface area contributed by atoms with Gasteiger partial charge >= 0.3 is 0 Å². The fourth-order valence-electron chi connectivity index (χ4n) is 2.90. The summed E-state index contributed by atoms with van der Waals surface area (Å²) in [6, 6.07) is 11.8. The fraction of sp³-hybridized carbons (Fsp3) is 0.333. The lowest BCUT2D eigenvalue weighted by atomic mass is 9.78. The van der Waals surface area contributed by atoms with Crippen LogP contribution in [0.2, 0.25) is 0 Å². The highest BCUT2D eigenvalue weighted by molar-refractivity contribution is 5.73. The standard InChI is InChI=1S/C18H19N5O/c1-12(24)23-16-6-15(7-16)17-8-18(22-11-21-17)20-10-14-4-2-3-13(5-14)9-19/h2-5,8,11,15-16H,6-7,10H2,1H3,(H,23,24)(H,20,21,22). The van der Waals surface area contributed by atoms with Crippen LogP contribution in [0.25, 0.3) is 0 Å². The molecule has 1 amide bonds. The van der Waals surface area contributed by atoms with E-state index < -0.39 is 0 Å². The molecule has 1 aliphatic carbocycles. The zero-order valence-corrected chi connectivity index (χ0v) is 13.5. The molecule has 1 heterocycles. The van der Waals surface area contributed by atoms with E-state index in [4.69, 9.17) is 5.26 Å². The molecule has 24 heavy (non-hydrogen) atoms. The van der Waals surface area contributed by atoms with Gasteiger partial charge in [0, 0.05) is 37.2 Å². The lowest BCUT2D eigenvalue weighted by Crippen LogP contribution is -2.42. The molecular weight excluding hydrogens is 302 g/mol. The highest BCUT2D eigenvalue weighted by Gasteiger charge is 2.31. The first kappa shape index (κ1) is 15.9. The molecule has 0 bridgehead atoms. The molecule has 0 unspecified atom stereocenters. The molecule has 1 aromatic heterocycles. The third kappa shape index (κ3) is 3.87. The van der Waals surface area contributed by atoms with E-state index in [9.17, 15) is 4.79 Å². The predicted molar refractivity (Wildman–Crippen MR) is 90.1 cm³/mol. The number of aromatic nitrogens is 2. The molecule has 3 rings (SSSR count). The highest BCUT2D eigenvalue weighted by atomic mass is 16.1. The van der Waals surface area contributed by atoms with Crippen LogP contribution in [-0.4, -0.2) is 21.9 Å². The molecule has 1 fully saturated rings.